The van der Waals surface area contributed by atoms with Crippen LogP contribution in [0.15, 0.2) is 48.5 Å². The molecule has 33 heavy (non-hydrogen) atoms. The number of nitrogens with two attached hydrogens (primary N) is 1. The summed E-state index contributed by atoms with van der Waals surface area (Å²) in [5.41, 5.74) is 2.64. The number of benzene rings is 2. The summed E-state index contributed by atoms with van der Waals surface area (Å²) in [6.07, 6.45) is -10.0. The van der Waals surface area contributed by atoms with E-state index in [0.29, 0.717) is 18.6 Å². The number of amides is 2. The molecule has 0 radical (unpaired) electrons. The average molecular weight is 474 g/mol. The molecule has 4 atom stereocenters. The molecule has 1 saturated carbocycles. The highest BCUT2D eigenvalue weighted by atomic mass is 19.4. The van der Waals surface area contributed by atoms with Gasteiger partial charge in [-0.25, -0.2) is 4.79 Å². The van der Waals surface area contributed by atoms with Crippen LogP contribution in [0.2, 0.25) is 0 Å². The van der Waals surface area contributed by atoms with E-state index in [-0.39, 0.29) is 17.9 Å². The molecule has 0 saturated heterocycles. The number of ether oxygens (including phenoxy) is 1. The number of carbonyl (C=O) groups is 1. The van der Waals surface area contributed by atoms with Crippen molar-refractivity contribution in [2.75, 3.05) is 0 Å². The number of alkyl halides is 6. The molecule has 3 N–H and O–H groups in total. The standard InChI is InChI=1S/C23H24F6N2O2/c1-13-6-5-9-18(19(13)14-7-3-2-4-8-14)33-20(31-21(30)32)15-10-16(22(24,25)26)12-17(11-15)23(27,28)29/h2-4,7-8,10-13,18-20H,5-6,9H2,1H3,(H3,30,31,32). The largest absolute Gasteiger partial charge is 0.416 e. The lowest BCUT2D eigenvalue weighted by Crippen LogP contribution is -2.40. The van der Waals surface area contributed by atoms with Crippen molar-refractivity contribution in [3.8, 4) is 0 Å². The van der Waals surface area contributed by atoms with E-state index in [2.05, 4.69) is 5.32 Å². The molecule has 2 aromatic rings. The predicted octanol–water partition coefficient (Wildman–Crippen LogP) is 6.38. The predicted molar refractivity (Wildman–Crippen MR) is 109 cm³/mol. The normalized spacial score (nSPS) is 22.6. The van der Waals surface area contributed by atoms with Crippen LogP contribution in [0.1, 0.15) is 60.6 Å². The third-order valence-corrected chi connectivity index (χ3v) is 5.84. The van der Waals surface area contributed by atoms with Gasteiger partial charge in [0.1, 0.15) is 0 Å². The van der Waals surface area contributed by atoms with Crippen molar-refractivity contribution in [3.05, 3.63) is 70.8 Å². The van der Waals surface area contributed by atoms with Crippen LogP contribution < -0.4 is 11.1 Å². The molecule has 180 valence electrons. The van der Waals surface area contributed by atoms with E-state index in [1.807, 2.05) is 37.3 Å². The number of nitrogens with one attached hydrogen (secondary N) is 1. The van der Waals surface area contributed by atoms with Crippen molar-refractivity contribution in [3.63, 3.8) is 0 Å². The lowest BCUT2D eigenvalue weighted by atomic mass is 9.74. The Bertz CT molecular complexity index is 929. The highest BCUT2D eigenvalue weighted by Crippen LogP contribution is 2.42. The molecule has 1 fully saturated rings. The summed E-state index contributed by atoms with van der Waals surface area (Å²) < 4.78 is 86.0. The van der Waals surface area contributed by atoms with E-state index in [9.17, 15) is 31.1 Å². The molecule has 0 spiro atoms. The van der Waals surface area contributed by atoms with Crippen LogP contribution in [0.5, 0.6) is 0 Å². The molecular weight excluding hydrogens is 450 g/mol. The fourth-order valence-corrected chi connectivity index (χ4v) is 4.37. The van der Waals surface area contributed by atoms with Crippen molar-refractivity contribution in [2.24, 2.45) is 11.7 Å². The first-order valence-corrected chi connectivity index (χ1v) is 10.4. The van der Waals surface area contributed by atoms with Gasteiger partial charge in [-0.05, 0) is 42.5 Å². The summed E-state index contributed by atoms with van der Waals surface area (Å²) in [5.74, 6) is -0.0161. The maximum atomic E-state index is 13.3. The third-order valence-electron chi connectivity index (χ3n) is 5.84. The van der Waals surface area contributed by atoms with E-state index in [4.69, 9.17) is 10.5 Å². The van der Waals surface area contributed by atoms with Gasteiger partial charge in [-0.3, -0.25) is 0 Å². The zero-order chi connectivity index (χ0) is 24.4. The van der Waals surface area contributed by atoms with Crippen LogP contribution in [0.3, 0.4) is 0 Å². The number of carbonyl (C=O) groups excluding carboxylic acids is 1. The Hall–Kier alpha value is -2.75. The van der Waals surface area contributed by atoms with Gasteiger partial charge in [0.2, 0.25) is 0 Å². The van der Waals surface area contributed by atoms with Gasteiger partial charge in [-0.15, -0.1) is 0 Å². The summed E-state index contributed by atoms with van der Waals surface area (Å²) in [4.78, 5) is 11.6. The lowest BCUT2D eigenvalue weighted by Gasteiger charge is -2.39. The van der Waals surface area contributed by atoms with Crippen molar-refractivity contribution >= 4 is 6.03 Å². The number of hydrogen-bond donors (Lipinski definition) is 2. The topological polar surface area (TPSA) is 64.3 Å². The van der Waals surface area contributed by atoms with E-state index < -0.39 is 47.4 Å². The second-order valence-corrected chi connectivity index (χ2v) is 8.25. The van der Waals surface area contributed by atoms with E-state index >= 15 is 0 Å². The molecule has 2 aromatic carbocycles. The van der Waals surface area contributed by atoms with Gasteiger partial charge in [-0.1, -0.05) is 43.7 Å². The van der Waals surface area contributed by atoms with Gasteiger partial charge in [-0.2, -0.15) is 26.3 Å². The fourth-order valence-electron chi connectivity index (χ4n) is 4.37. The van der Waals surface area contributed by atoms with Gasteiger partial charge in [0, 0.05) is 11.5 Å². The van der Waals surface area contributed by atoms with E-state index in [0.717, 1.165) is 18.4 Å². The third kappa shape index (κ3) is 6.19. The summed E-state index contributed by atoms with van der Waals surface area (Å²) in [5, 5.41) is 2.17. The SMILES string of the molecule is CC1CCCC(OC(NC(N)=O)c2cc(C(F)(F)F)cc(C(F)(F)F)c2)C1c1ccccc1. The van der Waals surface area contributed by atoms with Crippen molar-refractivity contribution in [1.29, 1.82) is 0 Å². The molecule has 0 heterocycles. The molecule has 4 unspecified atom stereocenters. The van der Waals surface area contributed by atoms with Crippen molar-refractivity contribution in [2.45, 2.75) is 56.8 Å². The number of primary amides is 1. The average Bonchev–Trinajstić information content (AvgIpc) is 2.72. The van der Waals surface area contributed by atoms with Crippen molar-refractivity contribution < 1.29 is 35.9 Å². The van der Waals surface area contributed by atoms with Crippen molar-refractivity contribution in [1.82, 2.24) is 5.32 Å². The number of halogens is 6. The van der Waals surface area contributed by atoms with Gasteiger partial charge >= 0.3 is 18.4 Å². The molecule has 4 nitrogen and oxygen atoms in total. The Morgan fingerprint density at radius 1 is 1.00 bits per heavy atom. The fraction of sp³-hybridized carbons (Fsp3) is 0.435. The summed E-state index contributed by atoms with van der Waals surface area (Å²) >= 11 is 0. The van der Waals surface area contributed by atoms with E-state index in [1.165, 1.54) is 0 Å². The maximum Gasteiger partial charge on any atom is 0.416 e. The Kier molecular flexibility index (Phi) is 7.26. The van der Waals surface area contributed by atoms with Crippen LogP contribution in [0.25, 0.3) is 0 Å². The first-order chi connectivity index (χ1) is 15.4. The van der Waals surface area contributed by atoms with E-state index in [1.54, 1.807) is 0 Å². The second-order valence-electron chi connectivity index (χ2n) is 8.25. The zero-order valence-electron chi connectivity index (χ0n) is 17.7. The van der Waals surface area contributed by atoms with Crippen LogP contribution in [0, 0.1) is 5.92 Å². The Morgan fingerprint density at radius 2 is 1.58 bits per heavy atom. The molecule has 0 aliphatic heterocycles. The summed E-state index contributed by atoms with van der Waals surface area (Å²) in [6.45, 7) is 2.01. The van der Waals surface area contributed by atoms with Crippen LogP contribution in [0.4, 0.5) is 31.1 Å². The van der Waals surface area contributed by atoms with Crippen LogP contribution >= 0.6 is 0 Å². The highest BCUT2D eigenvalue weighted by Gasteiger charge is 2.39. The summed E-state index contributed by atoms with van der Waals surface area (Å²) in [7, 11) is 0. The first-order valence-electron chi connectivity index (χ1n) is 10.4. The Morgan fingerprint density at radius 3 is 2.09 bits per heavy atom. The highest BCUT2D eigenvalue weighted by molar-refractivity contribution is 5.72. The van der Waals surface area contributed by atoms with Crippen LogP contribution in [-0.4, -0.2) is 12.1 Å². The van der Waals surface area contributed by atoms with Crippen LogP contribution in [-0.2, 0) is 17.1 Å². The Labute approximate surface area is 187 Å². The molecule has 3 rings (SSSR count). The van der Waals surface area contributed by atoms with Gasteiger partial charge < -0.3 is 15.8 Å². The molecule has 2 amide bonds. The maximum absolute atomic E-state index is 13.3. The molecule has 0 aromatic heterocycles. The van der Waals surface area contributed by atoms with Gasteiger partial charge in [0.25, 0.3) is 0 Å². The molecule has 0 bridgehead atoms. The smallest absolute Gasteiger partial charge is 0.352 e. The number of hydrogen-bond acceptors (Lipinski definition) is 2. The first kappa shape index (κ1) is 24.9. The quantitative estimate of drug-likeness (QED) is 0.390. The minimum absolute atomic E-state index is 0.0281. The Balaban J connectivity index is 2.03. The summed E-state index contributed by atoms with van der Waals surface area (Å²) in [6, 6.07) is 9.29. The monoisotopic (exact) mass is 474 g/mol. The zero-order valence-corrected chi connectivity index (χ0v) is 17.7. The van der Waals surface area contributed by atoms with Gasteiger partial charge in [0.15, 0.2) is 6.23 Å². The minimum Gasteiger partial charge on any atom is -0.352 e. The lowest BCUT2D eigenvalue weighted by molar-refractivity contribution is -0.143. The molecule has 10 heteroatoms. The molecular formula is C23H24F6N2O2. The number of urea groups is 1. The molecule has 1 aliphatic carbocycles. The van der Waals surface area contributed by atoms with Gasteiger partial charge in [0.05, 0.1) is 17.2 Å². The number of rotatable bonds is 5. The second kappa shape index (κ2) is 9.62. The molecule has 1 aliphatic rings. The minimum atomic E-state index is -5.03.